The van der Waals surface area contributed by atoms with Crippen LogP contribution in [0.4, 0.5) is 35.1 Å². The molecule has 2 aromatic rings. The molecule has 4 aliphatic heterocycles. The normalized spacial score (nSPS) is 24.4. The topological polar surface area (TPSA) is 89.6 Å². The Morgan fingerprint density at radius 3 is 2.55 bits per heavy atom. The van der Waals surface area contributed by atoms with Crippen molar-refractivity contribution >= 4 is 17.6 Å². The van der Waals surface area contributed by atoms with Crippen LogP contribution in [0.25, 0.3) is 11.3 Å². The van der Waals surface area contributed by atoms with E-state index < -0.39 is 19.1 Å². The minimum Gasteiger partial charge on any atom is -0.431 e. The number of alkyl halides is 4. The largest absolute Gasteiger partial charge is 0.431 e. The fourth-order valence-corrected chi connectivity index (χ4v) is 4.11. The number of nitrogens with two attached hydrogens (primary N) is 1. The fourth-order valence-electron chi connectivity index (χ4n) is 4.11. The van der Waals surface area contributed by atoms with Crippen LogP contribution in [0.3, 0.4) is 0 Å². The molecule has 166 valence electrons. The van der Waals surface area contributed by atoms with E-state index >= 15 is 0 Å². The standard InChI is InChI=1S/C19H20F4N6O2/c20-17(21)31-14-3-10(6-25-16(14)24)13-5-15(29-7-11-4-12(8-29)30-11)27-18(26-13)28-2-1-19(22,23)9-28/h3,5-6,11-12,17H,1-2,4,7-9H2,(H2,24,25). The van der Waals surface area contributed by atoms with Gasteiger partial charge in [-0.1, -0.05) is 0 Å². The summed E-state index contributed by atoms with van der Waals surface area (Å²) in [6, 6.07) is 2.99. The molecule has 2 unspecified atom stereocenters. The average Bonchev–Trinajstić information content (AvgIpc) is 3.08. The van der Waals surface area contributed by atoms with Gasteiger partial charge in [-0.25, -0.2) is 18.7 Å². The molecule has 2 atom stereocenters. The number of rotatable bonds is 5. The van der Waals surface area contributed by atoms with Gasteiger partial charge in [-0.15, -0.1) is 0 Å². The Bertz CT molecular complexity index is 958. The third-order valence-electron chi connectivity index (χ3n) is 5.63. The molecule has 0 radical (unpaired) electrons. The summed E-state index contributed by atoms with van der Waals surface area (Å²) in [4.78, 5) is 16.3. The minimum atomic E-state index is -3.07. The minimum absolute atomic E-state index is 0.112. The van der Waals surface area contributed by atoms with E-state index in [-0.39, 0.29) is 42.7 Å². The van der Waals surface area contributed by atoms with Gasteiger partial charge in [0.05, 0.1) is 24.4 Å². The Labute approximate surface area is 175 Å². The average molecular weight is 440 g/mol. The first-order chi connectivity index (χ1) is 14.8. The van der Waals surface area contributed by atoms with Gasteiger partial charge in [0.15, 0.2) is 11.6 Å². The van der Waals surface area contributed by atoms with Crippen molar-refractivity contribution in [3.05, 3.63) is 18.3 Å². The van der Waals surface area contributed by atoms with Crippen molar-refractivity contribution in [3.8, 4) is 17.0 Å². The van der Waals surface area contributed by atoms with E-state index in [4.69, 9.17) is 10.5 Å². The van der Waals surface area contributed by atoms with Crippen molar-refractivity contribution in [1.29, 1.82) is 0 Å². The number of morpholine rings is 1. The molecule has 2 N–H and O–H groups in total. The monoisotopic (exact) mass is 440 g/mol. The smallest absolute Gasteiger partial charge is 0.387 e. The molecule has 6 rings (SSSR count). The zero-order valence-corrected chi connectivity index (χ0v) is 16.3. The lowest BCUT2D eigenvalue weighted by molar-refractivity contribution is -0.133. The Morgan fingerprint density at radius 1 is 1.16 bits per heavy atom. The zero-order valence-electron chi connectivity index (χ0n) is 16.3. The van der Waals surface area contributed by atoms with Gasteiger partial charge in [0, 0.05) is 50.3 Å². The SMILES string of the molecule is Nc1ncc(-c2cc(N3CC4CC(C3)O4)nc(N3CCC(F)(F)C3)n2)cc1OC(F)F. The van der Waals surface area contributed by atoms with Crippen LogP contribution in [0, 0.1) is 0 Å². The van der Waals surface area contributed by atoms with Crippen molar-refractivity contribution in [2.24, 2.45) is 0 Å². The Morgan fingerprint density at radius 2 is 1.90 bits per heavy atom. The number of hydrogen-bond acceptors (Lipinski definition) is 8. The summed E-state index contributed by atoms with van der Waals surface area (Å²) >= 11 is 0. The number of nitrogens with zero attached hydrogens (tertiary/aromatic N) is 5. The van der Waals surface area contributed by atoms with E-state index in [1.165, 1.54) is 17.2 Å². The van der Waals surface area contributed by atoms with Crippen LogP contribution < -0.4 is 20.3 Å². The summed E-state index contributed by atoms with van der Waals surface area (Å²) in [5.41, 5.74) is 6.34. The molecule has 8 nitrogen and oxygen atoms in total. The molecule has 0 aromatic carbocycles. The van der Waals surface area contributed by atoms with Gasteiger partial charge < -0.3 is 25.0 Å². The number of fused-ring (bicyclic) bond motifs is 2. The maximum Gasteiger partial charge on any atom is 0.387 e. The second kappa shape index (κ2) is 7.36. The second-order valence-electron chi connectivity index (χ2n) is 7.95. The van der Waals surface area contributed by atoms with Gasteiger partial charge in [-0.2, -0.15) is 13.8 Å². The quantitative estimate of drug-likeness (QED) is 0.710. The van der Waals surface area contributed by atoms with E-state index in [1.807, 2.05) is 4.90 Å². The second-order valence-corrected chi connectivity index (χ2v) is 7.95. The Balaban J connectivity index is 1.53. The highest BCUT2D eigenvalue weighted by atomic mass is 19.3. The molecule has 4 aliphatic rings. The summed E-state index contributed by atoms with van der Waals surface area (Å²) in [6.07, 6.45) is 2.30. The third kappa shape index (κ3) is 4.03. The molecule has 6 heterocycles. The molecule has 2 aromatic heterocycles. The van der Waals surface area contributed by atoms with E-state index in [2.05, 4.69) is 19.7 Å². The molecule has 4 fully saturated rings. The number of halogens is 4. The molecule has 12 heteroatoms. The lowest BCUT2D eigenvalue weighted by atomic mass is 9.99. The van der Waals surface area contributed by atoms with Crippen LogP contribution in [0.5, 0.6) is 5.75 Å². The maximum absolute atomic E-state index is 13.8. The van der Waals surface area contributed by atoms with Gasteiger partial charge in [-0.05, 0) is 6.07 Å². The molecule has 4 saturated heterocycles. The Kier molecular flexibility index (Phi) is 4.76. The molecular formula is C19H20F4N6O2. The number of aromatic nitrogens is 3. The molecular weight excluding hydrogens is 420 g/mol. The van der Waals surface area contributed by atoms with Gasteiger partial charge in [0.2, 0.25) is 5.95 Å². The Hall–Kier alpha value is -2.89. The number of anilines is 3. The predicted octanol–water partition coefficient (Wildman–Crippen LogP) is 2.55. The first kappa shape index (κ1) is 20.0. The summed E-state index contributed by atoms with van der Waals surface area (Å²) in [6.45, 7) is -2.18. The third-order valence-corrected chi connectivity index (χ3v) is 5.63. The number of piperidine rings is 1. The molecule has 0 spiro atoms. The number of pyridine rings is 1. The van der Waals surface area contributed by atoms with Crippen molar-refractivity contribution in [1.82, 2.24) is 15.0 Å². The van der Waals surface area contributed by atoms with E-state index in [0.29, 0.717) is 30.2 Å². The maximum atomic E-state index is 13.8. The first-order valence-electron chi connectivity index (χ1n) is 9.89. The van der Waals surface area contributed by atoms with Crippen LogP contribution in [0.15, 0.2) is 18.3 Å². The number of hydrogen-bond donors (Lipinski definition) is 1. The fraction of sp³-hybridized carbons (Fsp3) is 0.526. The van der Waals surface area contributed by atoms with Gasteiger partial charge in [0.1, 0.15) is 5.82 Å². The molecule has 0 saturated carbocycles. The van der Waals surface area contributed by atoms with Crippen molar-refractivity contribution in [2.45, 2.75) is 37.6 Å². The summed E-state index contributed by atoms with van der Waals surface area (Å²) in [7, 11) is 0. The highest BCUT2D eigenvalue weighted by Gasteiger charge is 2.41. The summed E-state index contributed by atoms with van der Waals surface area (Å²) in [5, 5.41) is 0. The molecule has 2 bridgehead atoms. The first-order valence-corrected chi connectivity index (χ1v) is 9.89. The highest BCUT2D eigenvalue weighted by molar-refractivity contribution is 5.68. The summed E-state index contributed by atoms with van der Waals surface area (Å²) in [5.74, 6) is -2.58. The van der Waals surface area contributed by atoms with Crippen molar-refractivity contribution < 1.29 is 27.0 Å². The molecule has 0 amide bonds. The van der Waals surface area contributed by atoms with E-state index in [0.717, 1.165) is 6.42 Å². The number of ether oxygens (including phenoxy) is 2. The molecule has 0 aliphatic carbocycles. The van der Waals surface area contributed by atoms with E-state index in [9.17, 15) is 17.6 Å². The highest BCUT2D eigenvalue weighted by Crippen LogP contribution is 2.36. The van der Waals surface area contributed by atoms with Crippen LogP contribution >= 0.6 is 0 Å². The lowest BCUT2D eigenvalue weighted by Crippen LogP contribution is -2.57. The van der Waals surface area contributed by atoms with Crippen LogP contribution in [0.2, 0.25) is 0 Å². The molecule has 31 heavy (non-hydrogen) atoms. The van der Waals surface area contributed by atoms with Gasteiger partial charge >= 0.3 is 6.61 Å². The van der Waals surface area contributed by atoms with Crippen LogP contribution in [-0.2, 0) is 4.74 Å². The van der Waals surface area contributed by atoms with Gasteiger partial charge in [-0.3, -0.25) is 0 Å². The lowest BCUT2D eigenvalue weighted by Gasteiger charge is -2.47. The van der Waals surface area contributed by atoms with Gasteiger partial charge in [0.25, 0.3) is 5.92 Å². The zero-order chi connectivity index (χ0) is 21.8. The van der Waals surface area contributed by atoms with Crippen molar-refractivity contribution in [3.63, 3.8) is 0 Å². The van der Waals surface area contributed by atoms with Crippen LogP contribution in [0.1, 0.15) is 12.8 Å². The van der Waals surface area contributed by atoms with E-state index in [1.54, 1.807) is 6.07 Å². The van der Waals surface area contributed by atoms with Crippen LogP contribution in [-0.4, -0.2) is 65.9 Å². The summed E-state index contributed by atoms with van der Waals surface area (Å²) < 4.78 is 63.1. The number of nitrogen functional groups attached to an aromatic ring is 1. The predicted molar refractivity (Wildman–Crippen MR) is 104 cm³/mol. The van der Waals surface area contributed by atoms with Crippen molar-refractivity contribution in [2.75, 3.05) is 41.7 Å².